The molecule has 0 unspecified atom stereocenters. The zero-order valence-corrected chi connectivity index (χ0v) is 16.7. The predicted octanol–water partition coefficient (Wildman–Crippen LogP) is 1.59. The maximum absolute atomic E-state index is 13.7. The topological polar surface area (TPSA) is 109 Å². The number of nitrogens with two attached hydrogens (primary N) is 1. The lowest BCUT2D eigenvalue weighted by Gasteiger charge is -2.29. The number of halogens is 1. The Labute approximate surface area is 165 Å². The normalized spacial score (nSPS) is 16.3. The van der Waals surface area contributed by atoms with Crippen LogP contribution in [0.25, 0.3) is 0 Å². The molecule has 1 heterocycles. The van der Waals surface area contributed by atoms with Gasteiger partial charge in [0.15, 0.2) is 0 Å². The number of nitrogens with zero attached hydrogens (tertiary/aromatic N) is 1. The second-order valence-corrected chi connectivity index (χ2v) is 7.87. The van der Waals surface area contributed by atoms with E-state index in [2.05, 4.69) is 20.9 Å². The van der Waals surface area contributed by atoms with E-state index in [4.69, 9.17) is 10.5 Å². The molecule has 1 saturated heterocycles. The molecular formula is C19H30FN5O3. The standard InChI is InChI=1S/C19H30FN5O3/c1-19(2,3)16(17(21)26)24-18(27)23-14-5-4-13(20)12-15(14)22-6-7-25-8-10-28-11-9-25/h4-5,12,16,22H,6-11H2,1-3H3,(H2,21,26)(H2,23,24,27)/t16-/m1/s1. The largest absolute Gasteiger partial charge is 0.382 e. The first-order valence-electron chi connectivity index (χ1n) is 9.37. The number of hydrogen-bond acceptors (Lipinski definition) is 5. The molecular weight excluding hydrogens is 365 g/mol. The van der Waals surface area contributed by atoms with E-state index in [0.29, 0.717) is 31.1 Å². The highest BCUT2D eigenvalue weighted by Crippen LogP contribution is 2.23. The molecule has 156 valence electrons. The minimum atomic E-state index is -0.842. The van der Waals surface area contributed by atoms with Crippen molar-refractivity contribution < 1.29 is 18.7 Å². The molecule has 0 aliphatic carbocycles. The van der Waals surface area contributed by atoms with E-state index in [1.165, 1.54) is 18.2 Å². The summed E-state index contributed by atoms with van der Waals surface area (Å²) in [5, 5.41) is 8.41. The number of anilines is 2. The lowest BCUT2D eigenvalue weighted by atomic mass is 9.86. The van der Waals surface area contributed by atoms with Gasteiger partial charge in [-0.25, -0.2) is 9.18 Å². The van der Waals surface area contributed by atoms with E-state index in [-0.39, 0.29) is 0 Å². The minimum Gasteiger partial charge on any atom is -0.382 e. The van der Waals surface area contributed by atoms with Gasteiger partial charge in [-0.05, 0) is 23.6 Å². The van der Waals surface area contributed by atoms with E-state index in [1.807, 2.05) is 0 Å². The summed E-state index contributed by atoms with van der Waals surface area (Å²) in [6.07, 6.45) is 0. The zero-order chi connectivity index (χ0) is 20.7. The first kappa shape index (κ1) is 21.9. The number of hydrogen-bond donors (Lipinski definition) is 4. The Morgan fingerprint density at radius 3 is 2.54 bits per heavy atom. The highest BCUT2D eigenvalue weighted by atomic mass is 19.1. The molecule has 2 rings (SSSR count). The first-order chi connectivity index (χ1) is 13.2. The van der Waals surface area contributed by atoms with Crippen molar-refractivity contribution in [3.8, 4) is 0 Å². The monoisotopic (exact) mass is 395 g/mol. The third kappa shape index (κ3) is 6.65. The lowest BCUT2D eigenvalue weighted by molar-refractivity contribution is -0.122. The van der Waals surface area contributed by atoms with Crippen LogP contribution in [-0.2, 0) is 9.53 Å². The van der Waals surface area contributed by atoms with E-state index < -0.39 is 29.2 Å². The van der Waals surface area contributed by atoms with Crippen molar-refractivity contribution in [2.24, 2.45) is 11.1 Å². The highest BCUT2D eigenvalue weighted by molar-refractivity contribution is 5.96. The van der Waals surface area contributed by atoms with Gasteiger partial charge >= 0.3 is 6.03 Å². The fraction of sp³-hybridized carbons (Fsp3) is 0.579. The molecule has 0 radical (unpaired) electrons. The van der Waals surface area contributed by atoms with Crippen molar-refractivity contribution in [3.05, 3.63) is 24.0 Å². The van der Waals surface area contributed by atoms with Crippen molar-refractivity contribution in [1.82, 2.24) is 10.2 Å². The molecule has 8 nitrogen and oxygen atoms in total. The van der Waals surface area contributed by atoms with Crippen molar-refractivity contribution in [1.29, 1.82) is 0 Å². The van der Waals surface area contributed by atoms with Gasteiger partial charge in [0.25, 0.3) is 0 Å². The van der Waals surface area contributed by atoms with Gasteiger partial charge in [-0.2, -0.15) is 0 Å². The summed E-state index contributed by atoms with van der Waals surface area (Å²) < 4.78 is 19.0. The second kappa shape index (κ2) is 9.70. The Morgan fingerprint density at radius 2 is 1.93 bits per heavy atom. The number of amides is 3. The molecule has 0 saturated carbocycles. The Kier molecular flexibility index (Phi) is 7.59. The molecule has 9 heteroatoms. The van der Waals surface area contributed by atoms with E-state index in [9.17, 15) is 14.0 Å². The van der Waals surface area contributed by atoms with Crippen LogP contribution in [-0.4, -0.2) is 62.3 Å². The maximum Gasteiger partial charge on any atom is 0.319 e. The summed E-state index contributed by atoms with van der Waals surface area (Å²) in [4.78, 5) is 26.2. The number of nitrogens with one attached hydrogen (secondary N) is 3. The average molecular weight is 395 g/mol. The number of rotatable bonds is 7. The summed E-state index contributed by atoms with van der Waals surface area (Å²) in [5.41, 5.74) is 5.74. The summed E-state index contributed by atoms with van der Waals surface area (Å²) in [5.74, 6) is -1.03. The Balaban J connectivity index is 1.98. The number of carbonyl (C=O) groups excluding carboxylic acids is 2. The molecule has 28 heavy (non-hydrogen) atoms. The predicted molar refractivity (Wildman–Crippen MR) is 107 cm³/mol. The van der Waals surface area contributed by atoms with Crippen LogP contribution >= 0.6 is 0 Å². The Bertz CT molecular complexity index is 687. The smallest absolute Gasteiger partial charge is 0.319 e. The molecule has 0 spiro atoms. The Hall–Kier alpha value is -2.39. The van der Waals surface area contributed by atoms with Crippen molar-refractivity contribution in [2.45, 2.75) is 26.8 Å². The summed E-state index contributed by atoms with van der Waals surface area (Å²) in [6.45, 7) is 9.92. The lowest BCUT2D eigenvalue weighted by Crippen LogP contribution is -2.53. The summed E-state index contributed by atoms with van der Waals surface area (Å²) >= 11 is 0. The number of morpholine rings is 1. The first-order valence-corrected chi connectivity index (χ1v) is 9.37. The van der Waals surface area contributed by atoms with Gasteiger partial charge in [0, 0.05) is 26.2 Å². The minimum absolute atomic E-state index is 0.412. The molecule has 1 aromatic rings. The van der Waals surface area contributed by atoms with Gasteiger partial charge in [-0.1, -0.05) is 20.8 Å². The van der Waals surface area contributed by atoms with Crippen molar-refractivity contribution in [2.75, 3.05) is 50.0 Å². The van der Waals surface area contributed by atoms with Gasteiger partial charge in [0.2, 0.25) is 5.91 Å². The zero-order valence-electron chi connectivity index (χ0n) is 16.7. The quantitative estimate of drug-likeness (QED) is 0.561. The summed E-state index contributed by atoms with van der Waals surface area (Å²) in [7, 11) is 0. The van der Waals surface area contributed by atoms with Gasteiger partial charge < -0.3 is 26.4 Å². The van der Waals surface area contributed by atoms with E-state index >= 15 is 0 Å². The van der Waals surface area contributed by atoms with Crippen LogP contribution < -0.4 is 21.7 Å². The molecule has 1 aromatic carbocycles. The van der Waals surface area contributed by atoms with Gasteiger partial charge in [0.05, 0.1) is 24.6 Å². The third-order valence-electron chi connectivity index (χ3n) is 4.50. The maximum atomic E-state index is 13.7. The Morgan fingerprint density at radius 1 is 1.25 bits per heavy atom. The molecule has 1 atom stereocenters. The van der Waals surface area contributed by atoms with E-state index in [1.54, 1.807) is 20.8 Å². The molecule has 1 aliphatic heterocycles. The molecule has 1 aliphatic rings. The number of ether oxygens (including phenoxy) is 1. The number of urea groups is 1. The SMILES string of the molecule is CC(C)(C)[C@H](NC(=O)Nc1ccc(F)cc1NCCN1CCOCC1)C(N)=O. The molecule has 3 amide bonds. The molecule has 5 N–H and O–H groups in total. The van der Waals surface area contributed by atoms with Crippen LogP contribution in [0.3, 0.4) is 0 Å². The van der Waals surface area contributed by atoms with Crippen LogP contribution in [0.15, 0.2) is 18.2 Å². The molecule has 1 fully saturated rings. The van der Waals surface area contributed by atoms with Crippen LogP contribution in [0.4, 0.5) is 20.6 Å². The number of primary amides is 1. The fourth-order valence-electron chi connectivity index (χ4n) is 2.95. The van der Waals surface area contributed by atoms with Crippen LogP contribution in [0.2, 0.25) is 0 Å². The van der Waals surface area contributed by atoms with Crippen molar-refractivity contribution in [3.63, 3.8) is 0 Å². The highest BCUT2D eigenvalue weighted by Gasteiger charge is 2.31. The number of benzene rings is 1. The molecule has 0 bridgehead atoms. The van der Waals surface area contributed by atoms with E-state index in [0.717, 1.165) is 19.6 Å². The van der Waals surface area contributed by atoms with Crippen LogP contribution in [0.1, 0.15) is 20.8 Å². The van der Waals surface area contributed by atoms with Gasteiger partial charge in [-0.3, -0.25) is 9.69 Å². The average Bonchev–Trinajstić information content (AvgIpc) is 2.61. The fourth-order valence-corrected chi connectivity index (χ4v) is 2.95. The van der Waals surface area contributed by atoms with Gasteiger partial charge in [-0.15, -0.1) is 0 Å². The van der Waals surface area contributed by atoms with Crippen molar-refractivity contribution >= 4 is 23.3 Å². The third-order valence-corrected chi connectivity index (χ3v) is 4.50. The molecule has 0 aromatic heterocycles. The number of carbonyl (C=O) groups is 2. The van der Waals surface area contributed by atoms with Crippen LogP contribution in [0.5, 0.6) is 0 Å². The second-order valence-electron chi connectivity index (χ2n) is 7.87. The van der Waals surface area contributed by atoms with Crippen LogP contribution in [0, 0.1) is 11.2 Å². The van der Waals surface area contributed by atoms with Gasteiger partial charge in [0.1, 0.15) is 11.9 Å². The summed E-state index contributed by atoms with van der Waals surface area (Å²) in [6, 6.07) is 2.64.